The fraction of sp³-hybridized carbons (Fsp3) is 0.154. The molecule has 4 aromatic rings. The molecule has 30 heavy (non-hydrogen) atoms. The Balaban J connectivity index is 1.81. The van der Waals surface area contributed by atoms with Gasteiger partial charge in [0.1, 0.15) is 17.3 Å². The van der Waals surface area contributed by atoms with Crippen molar-refractivity contribution in [3.63, 3.8) is 0 Å². The average molecular weight is 396 g/mol. The average Bonchev–Trinajstić information content (AvgIpc) is 2.80. The molecule has 0 saturated heterocycles. The van der Waals surface area contributed by atoms with Gasteiger partial charge in [0.05, 0.1) is 0 Å². The lowest BCUT2D eigenvalue weighted by Crippen LogP contribution is -2.24. The molecule has 4 rings (SSSR count). The van der Waals surface area contributed by atoms with E-state index in [1.54, 1.807) is 11.6 Å². The van der Waals surface area contributed by atoms with Gasteiger partial charge in [-0.05, 0) is 29.7 Å². The summed E-state index contributed by atoms with van der Waals surface area (Å²) >= 11 is 0. The molecule has 0 aliphatic carbocycles. The van der Waals surface area contributed by atoms with E-state index in [9.17, 15) is 4.79 Å². The summed E-state index contributed by atoms with van der Waals surface area (Å²) < 4.78 is 7.61. The van der Waals surface area contributed by atoms with Crippen molar-refractivity contribution >= 4 is 0 Å². The molecule has 4 nitrogen and oxygen atoms in total. The van der Waals surface area contributed by atoms with Gasteiger partial charge in [0.15, 0.2) is 0 Å². The lowest BCUT2D eigenvalue weighted by atomic mass is 10.0. The van der Waals surface area contributed by atoms with E-state index in [4.69, 9.17) is 9.72 Å². The van der Waals surface area contributed by atoms with Crippen LogP contribution in [0.4, 0.5) is 0 Å². The zero-order valence-electron chi connectivity index (χ0n) is 17.2. The highest BCUT2D eigenvalue weighted by atomic mass is 16.5. The standard InChI is InChI=1S/C26H24N2O2/c1-3-10-23-27-24(21-17-15-20(16-18-21)19-11-6-4-7-12-19)25(26(29)28(23)2)30-22-13-8-5-9-14-22/h4-9,11-18H,3,10H2,1-2H3. The Morgan fingerprint density at radius 3 is 2.00 bits per heavy atom. The highest BCUT2D eigenvalue weighted by Gasteiger charge is 2.18. The summed E-state index contributed by atoms with van der Waals surface area (Å²) in [7, 11) is 1.75. The maximum absolute atomic E-state index is 13.1. The summed E-state index contributed by atoms with van der Waals surface area (Å²) in [6.07, 6.45) is 1.64. The molecule has 4 heteroatoms. The van der Waals surface area contributed by atoms with Crippen LogP contribution in [0.1, 0.15) is 19.2 Å². The molecular formula is C26H24N2O2. The smallest absolute Gasteiger partial charge is 0.296 e. The van der Waals surface area contributed by atoms with Crippen molar-refractivity contribution in [1.29, 1.82) is 0 Å². The van der Waals surface area contributed by atoms with Crippen LogP contribution in [-0.4, -0.2) is 9.55 Å². The number of para-hydroxylation sites is 1. The highest BCUT2D eigenvalue weighted by molar-refractivity contribution is 5.71. The number of aryl methyl sites for hydroxylation is 1. The molecule has 150 valence electrons. The molecule has 0 fully saturated rings. The molecule has 0 aliphatic heterocycles. The van der Waals surface area contributed by atoms with E-state index in [0.29, 0.717) is 11.4 Å². The molecule has 0 spiro atoms. The van der Waals surface area contributed by atoms with Gasteiger partial charge in [0.2, 0.25) is 5.75 Å². The first-order chi connectivity index (χ1) is 14.7. The quantitative estimate of drug-likeness (QED) is 0.410. The Kier molecular flexibility index (Phi) is 5.75. The van der Waals surface area contributed by atoms with Gasteiger partial charge >= 0.3 is 0 Å². The van der Waals surface area contributed by atoms with Crippen LogP contribution in [0.2, 0.25) is 0 Å². The SMILES string of the molecule is CCCc1nc(-c2ccc(-c3ccccc3)cc2)c(Oc2ccccc2)c(=O)n1C. The largest absolute Gasteiger partial charge is 0.449 e. The first-order valence-corrected chi connectivity index (χ1v) is 10.2. The van der Waals surface area contributed by atoms with Gasteiger partial charge in [-0.25, -0.2) is 4.98 Å². The third-order valence-corrected chi connectivity index (χ3v) is 5.04. The number of benzene rings is 3. The lowest BCUT2D eigenvalue weighted by Gasteiger charge is -2.15. The zero-order chi connectivity index (χ0) is 20.9. The Morgan fingerprint density at radius 2 is 1.37 bits per heavy atom. The first kappa shape index (κ1) is 19.6. The molecule has 0 aliphatic rings. The van der Waals surface area contributed by atoms with E-state index in [1.165, 1.54) is 0 Å². The summed E-state index contributed by atoms with van der Waals surface area (Å²) in [5.74, 6) is 1.61. The second-order valence-electron chi connectivity index (χ2n) is 7.18. The van der Waals surface area contributed by atoms with Crippen molar-refractivity contribution in [1.82, 2.24) is 9.55 Å². The van der Waals surface area contributed by atoms with Crippen LogP contribution in [-0.2, 0) is 13.5 Å². The second-order valence-corrected chi connectivity index (χ2v) is 7.18. The molecule has 1 aromatic heterocycles. The van der Waals surface area contributed by atoms with Crippen molar-refractivity contribution < 1.29 is 4.74 Å². The topological polar surface area (TPSA) is 44.1 Å². The molecule has 0 unspecified atom stereocenters. The van der Waals surface area contributed by atoms with Gasteiger partial charge in [-0.3, -0.25) is 9.36 Å². The summed E-state index contributed by atoms with van der Waals surface area (Å²) in [4.78, 5) is 18.0. The van der Waals surface area contributed by atoms with Crippen LogP contribution in [0.25, 0.3) is 22.4 Å². The van der Waals surface area contributed by atoms with E-state index < -0.39 is 0 Å². The molecule has 0 atom stereocenters. The van der Waals surface area contributed by atoms with E-state index in [0.717, 1.165) is 35.4 Å². The molecule has 0 N–H and O–H groups in total. The summed E-state index contributed by atoms with van der Waals surface area (Å²) in [5.41, 5.74) is 3.51. The van der Waals surface area contributed by atoms with Crippen molar-refractivity contribution in [3.8, 4) is 33.9 Å². The number of hydrogen-bond donors (Lipinski definition) is 0. The fourth-order valence-corrected chi connectivity index (χ4v) is 3.42. The van der Waals surface area contributed by atoms with Crippen molar-refractivity contribution in [2.24, 2.45) is 7.05 Å². The van der Waals surface area contributed by atoms with Gasteiger partial charge in [-0.15, -0.1) is 0 Å². The molecule has 0 bridgehead atoms. The maximum atomic E-state index is 13.1. The van der Waals surface area contributed by atoms with Crippen LogP contribution in [0.15, 0.2) is 89.7 Å². The monoisotopic (exact) mass is 396 g/mol. The summed E-state index contributed by atoms with van der Waals surface area (Å²) in [5, 5.41) is 0. The van der Waals surface area contributed by atoms with Crippen LogP contribution >= 0.6 is 0 Å². The van der Waals surface area contributed by atoms with Gasteiger partial charge in [-0.1, -0.05) is 79.7 Å². The summed E-state index contributed by atoms with van der Waals surface area (Å²) in [6, 6.07) is 27.7. The van der Waals surface area contributed by atoms with Gasteiger partial charge in [0, 0.05) is 19.0 Å². The van der Waals surface area contributed by atoms with Gasteiger partial charge in [-0.2, -0.15) is 0 Å². The predicted molar refractivity (Wildman–Crippen MR) is 121 cm³/mol. The van der Waals surface area contributed by atoms with E-state index in [1.807, 2.05) is 60.7 Å². The molecule has 0 radical (unpaired) electrons. The van der Waals surface area contributed by atoms with E-state index in [2.05, 4.69) is 31.2 Å². The normalized spacial score (nSPS) is 10.7. The number of rotatable bonds is 6. The number of ether oxygens (including phenoxy) is 1. The minimum Gasteiger partial charge on any atom is -0.449 e. The van der Waals surface area contributed by atoms with Gasteiger partial charge in [0.25, 0.3) is 5.56 Å². The third kappa shape index (κ3) is 4.03. The lowest BCUT2D eigenvalue weighted by molar-refractivity contribution is 0.465. The van der Waals surface area contributed by atoms with Crippen LogP contribution < -0.4 is 10.3 Å². The molecule has 3 aromatic carbocycles. The maximum Gasteiger partial charge on any atom is 0.296 e. The van der Waals surface area contributed by atoms with Crippen molar-refractivity contribution in [3.05, 3.63) is 101 Å². The van der Waals surface area contributed by atoms with E-state index in [-0.39, 0.29) is 11.3 Å². The Morgan fingerprint density at radius 1 is 0.800 bits per heavy atom. The Labute approximate surface area is 176 Å². The second kappa shape index (κ2) is 8.78. The highest BCUT2D eigenvalue weighted by Crippen LogP contribution is 2.31. The van der Waals surface area contributed by atoms with Crippen molar-refractivity contribution in [2.45, 2.75) is 19.8 Å². The minimum atomic E-state index is -0.181. The predicted octanol–water partition coefficient (Wildman–Crippen LogP) is 5.86. The fourth-order valence-electron chi connectivity index (χ4n) is 3.42. The third-order valence-electron chi connectivity index (χ3n) is 5.04. The Hall–Kier alpha value is -3.66. The minimum absolute atomic E-state index is 0.181. The van der Waals surface area contributed by atoms with Gasteiger partial charge < -0.3 is 4.74 Å². The summed E-state index contributed by atoms with van der Waals surface area (Å²) in [6.45, 7) is 2.08. The van der Waals surface area contributed by atoms with Crippen LogP contribution in [0, 0.1) is 0 Å². The number of aromatic nitrogens is 2. The van der Waals surface area contributed by atoms with E-state index >= 15 is 0 Å². The number of hydrogen-bond acceptors (Lipinski definition) is 3. The molecule has 1 heterocycles. The molecule has 0 amide bonds. The molecule has 0 saturated carbocycles. The zero-order valence-corrected chi connectivity index (χ0v) is 17.2. The Bertz CT molecular complexity index is 1180. The number of nitrogens with zero attached hydrogens (tertiary/aromatic N) is 2. The van der Waals surface area contributed by atoms with Crippen LogP contribution in [0.5, 0.6) is 11.5 Å². The van der Waals surface area contributed by atoms with Crippen LogP contribution in [0.3, 0.4) is 0 Å². The first-order valence-electron chi connectivity index (χ1n) is 10.2. The molecular weight excluding hydrogens is 372 g/mol. The van der Waals surface area contributed by atoms with Crippen molar-refractivity contribution in [2.75, 3.05) is 0 Å².